The number of carbonyl (C=O) groups excluding carboxylic acids is 3. The van der Waals surface area contributed by atoms with Gasteiger partial charge in [-0.1, -0.05) is 12.1 Å². The Morgan fingerprint density at radius 3 is 2.56 bits per heavy atom. The Morgan fingerprint density at radius 2 is 1.91 bits per heavy atom. The van der Waals surface area contributed by atoms with Crippen LogP contribution in [-0.2, 0) is 31.0 Å². The first-order valence-electron chi connectivity index (χ1n) is 10.3. The smallest absolute Gasteiger partial charge is 0.255 e. The van der Waals surface area contributed by atoms with Gasteiger partial charge in [0.15, 0.2) is 5.78 Å². The maximum atomic E-state index is 13.1. The second-order valence-corrected chi connectivity index (χ2v) is 10.3. The number of rotatable bonds is 4. The molecular formula is C22H23FN2O6S. The molecule has 1 amide bonds. The fraction of sp³-hybridized carbons (Fsp3) is 0.409. The maximum absolute atomic E-state index is 13.1. The summed E-state index contributed by atoms with van der Waals surface area (Å²) in [5, 5.41) is 13.1. The number of amides is 1. The number of Topliss-reactive ketones (excluding diaryl/α,β-unsaturated/α-hetero) is 2. The molecule has 3 unspecified atom stereocenters. The van der Waals surface area contributed by atoms with E-state index in [1.807, 2.05) is 0 Å². The monoisotopic (exact) mass is 462 g/mol. The van der Waals surface area contributed by atoms with Crippen LogP contribution in [0.4, 0.5) is 4.39 Å². The van der Waals surface area contributed by atoms with Crippen molar-refractivity contribution in [2.24, 2.45) is 5.92 Å². The number of ketones is 2. The predicted octanol–water partition coefficient (Wildman–Crippen LogP) is 0.621. The van der Waals surface area contributed by atoms with E-state index < -0.39 is 51.4 Å². The van der Waals surface area contributed by atoms with Gasteiger partial charge in [0.1, 0.15) is 11.9 Å². The minimum Gasteiger partial charge on any atom is -0.380 e. The van der Waals surface area contributed by atoms with E-state index in [1.54, 1.807) is 0 Å². The average Bonchev–Trinajstić information content (AvgIpc) is 2.74. The van der Waals surface area contributed by atoms with E-state index in [0.29, 0.717) is 30.5 Å². The third kappa shape index (κ3) is 4.05. The molecular weight excluding hydrogens is 439 g/mol. The van der Waals surface area contributed by atoms with Gasteiger partial charge in [-0.2, -0.15) is 4.31 Å². The van der Waals surface area contributed by atoms with Gasteiger partial charge < -0.3 is 10.4 Å². The minimum atomic E-state index is -3.55. The standard InChI is InChI=1S/C22H23FN2O6S/c1-32(30,31)25-8-2-3-15-17(25)10-13-9-16(20(27)21(28)18(13)19(15)26)22(29)24-11-12-4-6-14(23)7-5-12/h4-7,9,15,17,21,28H,2-3,8,10-11H2,1H3,(H,24,29). The molecule has 0 bridgehead atoms. The summed E-state index contributed by atoms with van der Waals surface area (Å²) in [6.45, 7) is 0.337. The zero-order valence-electron chi connectivity index (χ0n) is 17.4. The fourth-order valence-electron chi connectivity index (χ4n) is 4.71. The van der Waals surface area contributed by atoms with Crippen LogP contribution in [0, 0.1) is 11.7 Å². The highest BCUT2D eigenvalue weighted by Crippen LogP contribution is 2.41. The number of fused-ring (bicyclic) bond motifs is 1. The SMILES string of the molecule is CS(=O)(=O)N1CCCC2C(=O)C3=C(C=C(C(=O)NCc4ccc(F)cc4)C(=O)C3O)CC21. The summed E-state index contributed by atoms with van der Waals surface area (Å²) in [4.78, 5) is 38.4. The van der Waals surface area contributed by atoms with Gasteiger partial charge in [-0.05, 0) is 48.6 Å². The van der Waals surface area contributed by atoms with E-state index in [4.69, 9.17) is 0 Å². The first kappa shape index (κ1) is 22.5. The number of carbonyl (C=O) groups is 3. The Labute approximate surface area is 184 Å². The first-order chi connectivity index (χ1) is 15.1. The molecule has 2 aliphatic carbocycles. The third-order valence-corrected chi connectivity index (χ3v) is 7.55. The van der Waals surface area contributed by atoms with Gasteiger partial charge in [-0.3, -0.25) is 14.4 Å². The van der Waals surface area contributed by atoms with E-state index in [1.165, 1.54) is 34.6 Å². The lowest BCUT2D eigenvalue weighted by atomic mass is 9.70. The number of piperidine rings is 1. The number of hydrogen-bond acceptors (Lipinski definition) is 6. The Morgan fingerprint density at radius 1 is 1.22 bits per heavy atom. The highest BCUT2D eigenvalue weighted by molar-refractivity contribution is 7.88. The lowest BCUT2D eigenvalue weighted by Gasteiger charge is -2.43. The summed E-state index contributed by atoms with van der Waals surface area (Å²) in [6, 6.07) is 4.87. The minimum absolute atomic E-state index is 0.0389. The Bertz CT molecular complexity index is 1160. The molecule has 0 aromatic heterocycles. The van der Waals surface area contributed by atoms with E-state index in [-0.39, 0.29) is 24.1 Å². The van der Waals surface area contributed by atoms with Crippen molar-refractivity contribution in [3.8, 4) is 0 Å². The topological polar surface area (TPSA) is 121 Å². The number of aliphatic hydroxyl groups excluding tert-OH is 1. The summed E-state index contributed by atoms with van der Waals surface area (Å²) in [5.41, 5.74) is 0.588. The first-order valence-corrected chi connectivity index (χ1v) is 12.1. The van der Waals surface area contributed by atoms with Crippen LogP contribution in [0.25, 0.3) is 0 Å². The van der Waals surface area contributed by atoms with Gasteiger partial charge in [0, 0.05) is 30.6 Å². The highest BCUT2D eigenvalue weighted by Gasteiger charge is 2.48. The van der Waals surface area contributed by atoms with Gasteiger partial charge in [-0.15, -0.1) is 0 Å². The third-order valence-electron chi connectivity index (χ3n) is 6.25. The summed E-state index contributed by atoms with van der Waals surface area (Å²) in [6.07, 6.45) is 1.74. The van der Waals surface area contributed by atoms with Crippen molar-refractivity contribution in [1.82, 2.24) is 9.62 Å². The molecule has 10 heteroatoms. The zero-order valence-corrected chi connectivity index (χ0v) is 18.2. The van der Waals surface area contributed by atoms with Gasteiger partial charge in [0.25, 0.3) is 5.91 Å². The average molecular weight is 462 g/mol. The molecule has 0 saturated carbocycles. The van der Waals surface area contributed by atoms with Crippen LogP contribution >= 0.6 is 0 Å². The van der Waals surface area contributed by atoms with Gasteiger partial charge in [0.05, 0.1) is 11.8 Å². The van der Waals surface area contributed by atoms with Crippen LogP contribution in [0.15, 0.2) is 47.1 Å². The normalized spacial score (nSPS) is 26.3. The Hall–Kier alpha value is -2.69. The number of nitrogens with one attached hydrogen (secondary N) is 1. The van der Waals surface area contributed by atoms with Crippen LogP contribution in [0.5, 0.6) is 0 Å². The number of aliphatic hydroxyl groups is 1. The number of halogens is 1. The number of benzene rings is 1. The molecule has 3 aliphatic rings. The summed E-state index contributed by atoms with van der Waals surface area (Å²) in [7, 11) is -3.55. The van der Waals surface area contributed by atoms with Crippen molar-refractivity contribution in [3.63, 3.8) is 0 Å². The van der Waals surface area contributed by atoms with Crippen LogP contribution < -0.4 is 5.32 Å². The lowest BCUT2D eigenvalue weighted by molar-refractivity contribution is -0.131. The molecule has 4 rings (SSSR count). The lowest BCUT2D eigenvalue weighted by Crippen LogP contribution is -2.54. The van der Waals surface area contributed by atoms with E-state index >= 15 is 0 Å². The van der Waals surface area contributed by atoms with Crippen molar-refractivity contribution in [1.29, 1.82) is 0 Å². The number of sulfonamides is 1. The molecule has 3 atom stereocenters. The molecule has 8 nitrogen and oxygen atoms in total. The van der Waals surface area contributed by atoms with E-state index in [2.05, 4.69) is 5.32 Å². The summed E-state index contributed by atoms with van der Waals surface area (Å²) >= 11 is 0. The second kappa shape index (κ2) is 8.34. The van der Waals surface area contributed by atoms with Crippen LogP contribution in [-0.4, -0.2) is 60.2 Å². The summed E-state index contributed by atoms with van der Waals surface area (Å²) in [5.74, 6) is -3.08. The van der Waals surface area contributed by atoms with Crippen molar-refractivity contribution < 1.29 is 32.3 Å². The number of allylic oxidation sites excluding steroid dienone is 1. The maximum Gasteiger partial charge on any atom is 0.255 e. The van der Waals surface area contributed by atoms with Crippen molar-refractivity contribution in [2.75, 3.05) is 12.8 Å². The van der Waals surface area contributed by atoms with Gasteiger partial charge in [0.2, 0.25) is 15.8 Å². The number of hydrogen-bond donors (Lipinski definition) is 2. The fourth-order valence-corrected chi connectivity index (χ4v) is 5.88. The molecule has 1 saturated heterocycles. The molecule has 2 N–H and O–H groups in total. The molecule has 1 aromatic carbocycles. The molecule has 0 spiro atoms. The summed E-state index contributed by atoms with van der Waals surface area (Å²) < 4.78 is 38.8. The largest absolute Gasteiger partial charge is 0.380 e. The molecule has 1 heterocycles. The van der Waals surface area contributed by atoms with Crippen molar-refractivity contribution >= 4 is 27.5 Å². The number of nitrogens with zero attached hydrogens (tertiary/aromatic N) is 1. The quantitative estimate of drug-likeness (QED) is 0.633. The Balaban J connectivity index is 1.61. The predicted molar refractivity (Wildman–Crippen MR) is 112 cm³/mol. The zero-order chi connectivity index (χ0) is 23.2. The second-order valence-electron chi connectivity index (χ2n) is 8.33. The molecule has 0 radical (unpaired) electrons. The van der Waals surface area contributed by atoms with Gasteiger partial charge >= 0.3 is 0 Å². The molecule has 170 valence electrons. The molecule has 1 aliphatic heterocycles. The highest BCUT2D eigenvalue weighted by atomic mass is 32.2. The van der Waals surface area contributed by atoms with Crippen molar-refractivity contribution in [3.05, 3.63) is 58.4 Å². The molecule has 1 aromatic rings. The van der Waals surface area contributed by atoms with Crippen LogP contribution in [0.2, 0.25) is 0 Å². The van der Waals surface area contributed by atoms with Crippen molar-refractivity contribution in [2.45, 2.75) is 38.0 Å². The van der Waals surface area contributed by atoms with E-state index in [9.17, 15) is 32.3 Å². The van der Waals surface area contributed by atoms with Crippen LogP contribution in [0.3, 0.4) is 0 Å². The molecule has 32 heavy (non-hydrogen) atoms. The van der Waals surface area contributed by atoms with Gasteiger partial charge in [-0.25, -0.2) is 12.8 Å². The molecule has 1 fully saturated rings. The van der Waals surface area contributed by atoms with Crippen LogP contribution in [0.1, 0.15) is 24.8 Å². The Kier molecular flexibility index (Phi) is 5.87. The van der Waals surface area contributed by atoms with E-state index in [0.717, 1.165) is 6.26 Å².